The van der Waals surface area contributed by atoms with Gasteiger partial charge in [0, 0.05) is 10.5 Å². The molecule has 0 amide bonds. The third-order valence-corrected chi connectivity index (χ3v) is 8.95. The normalized spacial score (nSPS) is 15.3. The van der Waals surface area contributed by atoms with E-state index in [0.29, 0.717) is 11.1 Å². The molecule has 0 aliphatic rings. The van der Waals surface area contributed by atoms with Crippen LogP contribution in [-0.4, -0.2) is 18.8 Å². The van der Waals surface area contributed by atoms with Crippen LogP contribution in [0.25, 0.3) is 0 Å². The van der Waals surface area contributed by atoms with Crippen molar-refractivity contribution in [3.05, 3.63) is 12.2 Å². The molecule has 0 radical (unpaired) electrons. The summed E-state index contributed by atoms with van der Waals surface area (Å²) in [5.74, 6) is 0. The van der Waals surface area contributed by atoms with Crippen LogP contribution in [0.5, 0.6) is 0 Å². The maximum Gasteiger partial charge on any atom is 0.192 e. The van der Waals surface area contributed by atoms with Crippen molar-refractivity contribution in [1.29, 1.82) is 0 Å². The molecule has 0 bridgehead atoms. The summed E-state index contributed by atoms with van der Waals surface area (Å²) < 4.78 is 7.56. The summed E-state index contributed by atoms with van der Waals surface area (Å²) in [6.45, 7) is 13.8. The number of allylic oxidation sites excluding steroid dienone is 2. The zero-order valence-corrected chi connectivity index (χ0v) is 16.2. The minimum absolute atomic E-state index is 0.321. The summed E-state index contributed by atoms with van der Waals surface area (Å²) in [4.78, 5) is 0. The second kappa shape index (κ2) is 8.75. The first-order valence-corrected chi connectivity index (χ1v) is 11.5. The van der Waals surface area contributed by atoms with Gasteiger partial charge in [-0.05, 0) is 50.7 Å². The molecule has 0 fully saturated rings. The van der Waals surface area contributed by atoms with Crippen molar-refractivity contribution in [2.24, 2.45) is 0 Å². The van der Waals surface area contributed by atoms with Gasteiger partial charge >= 0.3 is 0 Å². The van der Waals surface area contributed by atoms with Gasteiger partial charge < -0.3 is 4.43 Å². The van der Waals surface area contributed by atoms with E-state index in [4.69, 9.17) is 4.43 Å². The van der Waals surface area contributed by atoms with Gasteiger partial charge in [0.1, 0.15) is 0 Å². The van der Waals surface area contributed by atoms with Crippen molar-refractivity contribution in [3.63, 3.8) is 0 Å². The lowest BCUT2D eigenvalue weighted by atomic mass is 10.1. The quantitative estimate of drug-likeness (QED) is 0.166. The molecule has 0 N–H and O–H groups in total. The molecule has 0 saturated heterocycles. The number of halogens is 1. The molecule has 0 rings (SSSR count). The lowest BCUT2D eigenvalue weighted by Crippen LogP contribution is -2.43. The molecule has 0 spiro atoms. The molecule has 0 aromatic rings. The fraction of sp³-hybridized carbons (Fsp3) is 0.867. The highest BCUT2D eigenvalue weighted by Crippen LogP contribution is 2.37. The maximum atomic E-state index is 6.34. The van der Waals surface area contributed by atoms with E-state index >= 15 is 0 Å². The van der Waals surface area contributed by atoms with Crippen LogP contribution < -0.4 is 0 Å². The highest BCUT2D eigenvalue weighted by atomic mass is 127. The number of hydrogen-bond acceptors (Lipinski definition) is 1. The van der Waals surface area contributed by atoms with Crippen molar-refractivity contribution < 1.29 is 4.43 Å². The summed E-state index contributed by atoms with van der Waals surface area (Å²) in [7, 11) is -1.57. The second-order valence-electron chi connectivity index (χ2n) is 6.57. The fourth-order valence-electron chi connectivity index (χ4n) is 1.56. The molecule has 1 atom stereocenters. The van der Waals surface area contributed by atoms with Crippen molar-refractivity contribution in [2.75, 3.05) is 4.43 Å². The first-order chi connectivity index (χ1) is 8.20. The average Bonchev–Trinajstić information content (AvgIpc) is 2.20. The summed E-state index contributed by atoms with van der Waals surface area (Å²) in [5, 5.41) is 0.321. The molecule has 18 heavy (non-hydrogen) atoms. The molecule has 0 unspecified atom stereocenters. The predicted octanol–water partition coefficient (Wildman–Crippen LogP) is 5.95. The molecular weight excluding hydrogens is 351 g/mol. The molecule has 3 heteroatoms. The van der Waals surface area contributed by atoms with Crippen LogP contribution in [0.4, 0.5) is 0 Å². The summed E-state index contributed by atoms with van der Waals surface area (Å²) in [6, 6.07) is 0. The number of rotatable bonds is 8. The van der Waals surface area contributed by atoms with Crippen LogP contribution in [0.1, 0.15) is 53.4 Å². The second-order valence-corrected chi connectivity index (χ2v) is 12.4. The predicted molar refractivity (Wildman–Crippen MR) is 94.2 cm³/mol. The smallest absolute Gasteiger partial charge is 0.192 e. The van der Waals surface area contributed by atoms with Crippen LogP contribution in [0, 0.1) is 0 Å². The van der Waals surface area contributed by atoms with Gasteiger partial charge in [-0.25, -0.2) is 0 Å². The van der Waals surface area contributed by atoms with E-state index in [-0.39, 0.29) is 0 Å². The minimum atomic E-state index is -1.57. The first kappa shape index (κ1) is 18.6. The van der Waals surface area contributed by atoms with Crippen LogP contribution in [0.15, 0.2) is 12.2 Å². The number of unbranched alkanes of at least 4 members (excludes halogenated alkanes) is 1. The summed E-state index contributed by atoms with van der Waals surface area (Å²) >= 11 is 2.41. The van der Waals surface area contributed by atoms with Crippen LogP contribution in [0.3, 0.4) is 0 Å². The summed E-state index contributed by atoms with van der Waals surface area (Å²) in [6.07, 6.45) is 9.85. The zero-order chi connectivity index (χ0) is 14.2. The molecule has 0 aromatic heterocycles. The van der Waals surface area contributed by atoms with Gasteiger partial charge in [-0.3, -0.25) is 0 Å². The highest BCUT2D eigenvalue weighted by Gasteiger charge is 2.38. The Kier molecular flexibility index (Phi) is 9.06. The zero-order valence-electron chi connectivity index (χ0n) is 13.1. The fourth-order valence-corrected chi connectivity index (χ4v) is 3.40. The Labute approximate surface area is 129 Å². The molecule has 0 heterocycles. The molecular formula is C15H31IOSi. The Morgan fingerprint density at radius 3 is 2.22 bits per heavy atom. The molecule has 0 aliphatic heterocycles. The van der Waals surface area contributed by atoms with Gasteiger partial charge in [0.05, 0.1) is 0 Å². The number of alkyl halides is 1. The van der Waals surface area contributed by atoms with E-state index in [2.05, 4.69) is 75.5 Å². The van der Waals surface area contributed by atoms with Gasteiger partial charge in [-0.1, -0.05) is 55.5 Å². The van der Waals surface area contributed by atoms with Crippen molar-refractivity contribution in [1.82, 2.24) is 0 Å². The Bertz CT molecular complexity index is 243. The minimum Gasteiger partial charge on any atom is -0.414 e. The van der Waals surface area contributed by atoms with Gasteiger partial charge in [0.2, 0.25) is 0 Å². The SMILES string of the molecule is C[C@@H](CCC/C=C\CCI)O[Si](C)(C)C(C)(C)C. The topological polar surface area (TPSA) is 9.23 Å². The van der Waals surface area contributed by atoms with E-state index in [9.17, 15) is 0 Å². The van der Waals surface area contributed by atoms with Gasteiger partial charge in [0.25, 0.3) is 0 Å². The van der Waals surface area contributed by atoms with E-state index in [1.165, 1.54) is 30.1 Å². The number of hydrogen-bond donors (Lipinski definition) is 0. The largest absolute Gasteiger partial charge is 0.414 e. The molecule has 0 aliphatic carbocycles. The third-order valence-electron chi connectivity index (χ3n) is 3.73. The molecule has 108 valence electrons. The van der Waals surface area contributed by atoms with Crippen LogP contribution in [-0.2, 0) is 4.43 Å². The average molecular weight is 382 g/mol. The third kappa shape index (κ3) is 7.95. The van der Waals surface area contributed by atoms with Gasteiger partial charge in [0.15, 0.2) is 8.32 Å². The Morgan fingerprint density at radius 2 is 1.72 bits per heavy atom. The Morgan fingerprint density at radius 1 is 1.17 bits per heavy atom. The van der Waals surface area contributed by atoms with E-state index in [0.717, 1.165) is 0 Å². The monoisotopic (exact) mass is 382 g/mol. The summed E-state index contributed by atoms with van der Waals surface area (Å²) in [5.41, 5.74) is 0. The van der Waals surface area contributed by atoms with Crippen LogP contribution in [0.2, 0.25) is 18.1 Å². The lowest BCUT2D eigenvalue weighted by molar-refractivity contribution is 0.187. The molecule has 0 aromatic carbocycles. The Balaban J connectivity index is 3.88. The Hall–Kier alpha value is 0.647. The standard InChI is InChI=1S/C15H31IOSi/c1-14(12-10-8-7-9-11-13-16)17-18(5,6)15(2,3)4/h7,9,14H,8,10-13H2,1-6H3/b9-7-/t14-/m0/s1. The van der Waals surface area contributed by atoms with E-state index in [1.807, 2.05) is 0 Å². The lowest BCUT2D eigenvalue weighted by Gasteiger charge is -2.38. The van der Waals surface area contributed by atoms with Crippen LogP contribution >= 0.6 is 22.6 Å². The first-order valence-electron chi connectivity index (χ1n) is 7.09. The van der Waals surface area contributed by atoms with Crippen molar-refractivity contribution in [3.8, 4) is 0 Å². The van der Waals surface area contributed by atoms with Gasteiger partial charge in [-0.15, -0.1) is 0 Å². The van der Waals surface area contributed by atoms with E-state index in [1.54, 1.807) is 0 Å². The van der Waals surface area contributed by atoms with E-state index < -0.39 is 8.32 Å². The molecule has 0 saturated carbocycles. The van der Waals surface area contributed by atoms with Crippen molar-refractivity contribution in [2.45, 2.75) is 77.6 Å². The highest BCUT2D eigenvalue weighted by molar-refractivity contribution is 14.1. The maximum absolute atomic E-state index is 6.34. The van der Waals surface area contributed by atoms with Crippen molar-refractivity contribution >= 4 is 30.9 Å². The molecule has 1 nitrogen and oxygen atoms in total. The van der Waals surface area contributed by atoms with Gasteiger partial charge in [-0.2, -0.15) is 0 Å².